The van der Waals surface area contributed by atoms with Gasteiger partial charge in [-0.25, -0.2) is 0 Å². The van der Waals surface area contributed by atoms with Crippen LogP contribution >= 0.6 is 23.3 Å². The van der Waals surface area contributed by atoms with Crippen molar-refractivity contribution in [2.24, 2.45) is 0 Å². The van der Waals surface area contributed by atoms with E-state index in [9.17, 15) is 0 Å². The Kier molecular flexibility index (Phi) is 3.49. The second-order valence-corrected chi connectivity index (χ2v) is 3.30. The van der Waals surface area contributed by atoms with Crippen molar-refractivity contribution in [1.82, 2.24) is 8.75 Å². The standard InChI is InChI=1S/C7H9ClN2OS/c1-5(2)3-4-11-7-6(8)9-12-10-7/h1,3-4H2,2H3. The fraction of sp³-hybridized carbons (Fsp3) is 0.429. The molecular formula is C7H9ClN2OS. The number of hydrogen-bond donors (Lipinski definition) is 0. The summed E-state index contributed by atoms with van der Waals surface area (Å²) in [6.07, 6.45) is 0.813. The van der Waals surface area contributed by atoms with E-state index in [-0.39, 0.29) is 0 Å². The molecule has 0 radical (unpaired) electrons. The van der Waals surface area contributed by atoms with E-state index in [1.54, 1.807) is 0 Å². The van der Waals surface area contributed by atoms with Crippen LogP contribution in [-0.4, -0.2) is 15.4 Å². The highest BCUT2D eigenvalue weighted by atomic mass is 35.5. The second kappa shape index (κ2) is 4.42. The molecule has 0 aliphatic heterocycles. The maximum Gasteiger partial charge on any atom is 0.265 e. The van der Waals surface area contributed by atoms with Crippen LogP contribution in [0.4, 0.5) is 0 Å². The molecule has 0 aromatic carbocycles. The van der Waals surface area contributed by atoms with Gasteiger partial charge in [0.25, 0.3) is 5.88 Å². The summed E-state index contributed by atoms with van der Waals surface area (Å²) in [5.41, 5.74) is 1.08. The van der Waals surface area contributed by atoms with Crippen LogP contribution in [0.1, 0.15) is 13.3 Å². The third kappa shape index (κ3) is 2.79. The molecule has 0 spiro atoms. The summed E-state index contributed by atoms with van der Waals surface area (Å²) < 4.78 is 12.9. The fourth-order valence-electron chi connectivity index (χ4n) is 0.578. The number of hydrogen-bond acceptors (Lipinski definition) is 4. The van der Waals surface area contributed by atoms with Gasteiger partial charge in [0, 0.05) is 6.42 Å². The van der Waals surface area contributed by atoms with E-state index in [2.05, 4.69) is 15.3 Å². The molecule has 1 aromatic heterocycles. The molecule has 0 aliphatic carbocycles. The maximum atomic E-state index is 5.64. The first kappa shape index (κ1) is 9.48. The highest BCUT2D eigenvalue weighted by Crippen LogP contribution is 2.20. The average Bonchev–Trinajstić information content (AvgIpc) is 2.36. The Balaban J connectivity index is 2.33. The van der Waals surface area contributed by atoms with Crippen LogP contribution in [0.5, 0.6) is 5.88 Å². The first-order valence-electron chi connectivity index (χ1n) is 3.45. The normalized spacial score (nSPS) is 9.83. The van der Waals surface area contributed by atoms with E-state index in [1.165, 1.54) is 0 Å². The van der Waals surface area contributed by atoms with Crippen molar-refractivity contribution in [3.8, 4) is 5.88 Å². The van der Waals surface area contributed by atoms with Gasteiger partial charge >= 0.3 is 0 Å². The minimum absolute atomic E-state index is 0.335. The SMILES string of the molecule is C=C(C)CCOc1nsnc1Cl. The summed E-state index contributed by atoms with van der Waals surface area (Å²) in [5, 5.41) is 0.335. The Hall–Kier alpha value is -0.610. The quantitative estimate of drug-likeness (QED) is 0.707. The largest absolute Gasteiger partial charge is 0.475 e. The van der Waals surface area contributed by atoms with E-state index in [4.69, 9.17) is 16.3 Å². The van der Waals surface area contributed by atoms with Crippen molar-refractivity contribution in [2.75, 3.05) is 6.61 Å². The van der Waals surface area contributed by atoms with Gasteiger partial charge in [-0.05, 0) is 6.92 Å². The Morgan fingerprint density at radius 1 is 1.67 bits per heavy atom. The van der Waals surface area contributed by atoms with Gasteiger partial charge in [0.2, 0.25) is 5.15 Å². The minimum Gasteiger partial charge on any atom is -0.475 e. The molecule has 1 heterocycles. The molecule has 66 valence electrons. The van der Waals surface area contributed by atoms with Crippen molar-refractivity contribution in [2.45, 2.75) is 13.3 Å². The Bertz CT molecular complexity index is 274. The van der Waals surface area contributed by atoms with Gasteiger partial charge in [-0.2, -0.15) is 4.37 Å². The smallest absolute Gasteiger partial charge is 0.265 e. The zero-order chi connectivity index (χ0) is 8.97. The third-order valence-electron chi connectivity index (χ3n) is 1.19. The van der Waals surface area contributed by atoms with E-state index in [1.807, 2.05) is 6.92 Å². The maximum absolute atomic E-state index is 5.64. The summed E-state index contributed by atoms with van der Waals surface area (Å²) in [5.74, 6) is 0.419. The molecule has 0 fully saturated rings. The van der Waals surface area contributed by atoms with E-state index in [0.717, 1.165) is 23.7 Å². The lowest BCUT2D eigenvalue weighted by Crippen LogP contribution is -1.97. The molecule has 0 saturated heterocycles. The van der Waals surface area contributed by atoms with Crippen LogP contribution in [0.2, 0.25) is 5.15 Å². The van der Waals surface area contributed by atoms with E-state index >= 15 is 0 Å². The molecule has 1 aromatic rings. The monoisotopic (exact) mass is 204 g/mol. The first-order chi connectivity index (χ1) is 5.70. The number of ether oxygens (including phenoxy) is 1. The third-order valence-corrected chi connectivity index (χ3v) is 2.05. The van der Waals surface area contributed by atoms with Crippen molar-refractivity contribution >= 4 is 23.3 Å². The van der Waals surface area contributed by atoms with Crippen molar-refractivity contribution < 1.29 is 4.74 Å². The molecule has 12 heavy (non-hydrogen) atoms. The van der Waals surface area contributed by atoms with Gasteiger partial charge in [0.05, 0.1) is 18.3 Å². The van der Waals surface area contributed by atoms with Crippen molar-refractivity contribution in [3.63, 3.8) is 0 Å². The van der Waals surface area contributed by atoms with Crippen molar-refractivity contribution in [3.05, 3.63) is 17.3 Å². The molecule has 0 aliphatic rings. The predicted octanol–water partition coefficient (Wildman–Crippen LogP) is 2.54. The zero-order valence-corrected chi connectivity index (χ0v) is 8.28. The Labute approximate surface area is 80.3 Å². The van der Waals surface area contributed by atoms with Crippen LogP contribution < -0.4 is 4.74 Å². The summed E-state index contributed by atoms with van der Waals surface area (Å²) in [7, 11) is 0. The van der Waals surface area contributed by atoms with E-state index < -0.39 is 0 Å². The minimum atomic E-state index is 0.335. The Morgan fingerprint density at radius 2 is 2.42 bits per heavy atom. The summed E-state index contributed by atoms with van der Waals surface area (Å²) >= 11 is 6.69. The highest BCUT2D eigenvalue weighted by molar-refractivity contribution is 6.99. The molecule has 0 atom stereocenters. The molecule has 0 unspecified atom stereocenters. The second-order valence-electron chi connectivity index (χ2n) is 2.42. The molecule has 0 saturated carbocycles. The topological polar surface area (TPSA) is 35.0 Å². The summed E-state index contributed by atoms with van der Waals surface area (Å²) in [6.45, 7) is 6.25. The number of aromatic nitrogens is 2. The fourth-order valence-corrected chi connectivity index (χ4v) is 1.22. The molecule has 3 nitrogen and oxygen atoms in total. The van der Waals surface area contributed by atoms with Crippen LogP contribution in [0, 0.1) is 0 Å². The van der Waals surface area contributed by atoms with Crippen LogP contribution in [0.15, 0.2) is 12.2 Å². The summed E-state index contributed by atoms with van der Waals surface area (Å²) in [4.78, 5) is 0. The molecule has 0 amide bonds. The van der Waals surface area contributed by atoms with Gasteiger partial charge in [-0.1, -0.05) is 17.2 Å². The molecule has 0 bridgehead atoms. The lowest BCUT2D eigenvalue weighted by molar-refractivity contribution is 0.312. The van der Waals surface area contributed by atoms with Crippen LogP contribution in [0.25, 0.3) is 0 Å². The first-order valence-corrected chi connectivity index (χ1v) is 4.56. The van der Waals surface area contributed by atoms with Gasteiger partial charge in [0.15, 0.2) is 0 Å². The lowest BCUT2D eigenvalue weighted by atomic mass is 10.3. The van der Waals surface area contributed by atoms with Gasteiger partial charge in [0.1, 0.15) is 0 Å². The highest BCUT2D eigenvalue weighted by Gasteiger charge is 2.04. The lowest BCUT2D eigenvalue weighted by Gasteiger charge is -2.00. The average molecular weight is 205 g/mol. The van der Waals surface area contributed by atoms with Gasteiger partial charge < -0.3 is 4.74 Å². The molecule has 1 rings (SSSR count). The predicted molar refractivity (Wildman–Crippen MR) is 49.8 cm³/mol. The molecule has 5 heteroatoms. The summed E-state index contributed by atoms with van der Waals surface area (Å²) in [6, 6.07) is 0. The van der Waals surface area contributed by atoms with Crippen molar-refractivity contribution in [1.29, 1.82) is 0 Å². The van der Waals surface area contributed by atoms with E-state index in [0.29, 0.717) is 17.6 Å². The molecular weight excluding hydrogens is 196 g/mol. The number of rotatable bonds is 4. The number of halogens is 1. The number of nitrogens with zero attached hydrogens (tertiary/aromatic N) is 2. The van der Waals surface area contributed by atoms with Crippen LogP contribution in [0.3, 0.4) is 0 Å². The zero-order valence-electron chi connectivity index (χ0n) is 6.71. The Morgan fingerprint density at radius 3 is 2.92 bits per heavy atom. The van der Waals surface area contributed by atoms with Gasteiger partial charge in [-0.3, -0.25) is 0 Å². The van der Waals surface area contributed by atoms with Crippen LogP contribution in [-0.2, 0) is 0 Å². The van der Waals surface area contributed by atoms with Gasteiger partial charge in [-0.15, -0.1) is 11.0 Å². The molecule has 0 N–H and O–H groups in total.